The maximum atomic E-state index is 12.2. The molecule has 1 saturated heterocycles. The van der Waals surface area contributed by atoms with Gasteiger partial charge < -0.3 is 14.5 Å². The molecule has 1 aromatic heterocycles. The smallest absolute Gasteiger partial charge is 0.383 e. The van der Waals surface area contributed by atoms with Crippen molar-refractivity contribution in [3.05, 3.63) is 5.89 Å². The Labute approximate surface area is 108 Å². The summed E-state index contributed by atoms with van der Waals surface area (Å²) in [5.41, 5.74) is 0. The molecule has 5 nitrogen and oxygen atoms in total. The van der Waals surface area contributed by atoms with E-state index in [1.54, 1.807) is 0 Å². The first-order valence-electron chi connectivity index (χ1n) is 6.29. The van der Waals surface area contributed by atoms with Crippen LogP contribution in [0.2, 0.25) is 0 Å². The van der Waals surface area contributed by atoms with E-state index in [0.717, 1.165) is 38.8 Å². The van der Waals surface area contributed by atoms with Gasteiger partial charge in [-0.05, 0) is 18.0 Å². The Hall–Kier alpha value is -1.31. The molecule has 1 aliphatic heterocycles. The largest absolute Gasteiger partial charge is 0.414 e. The van der Waals surface area contributed by atoms with Crippen LogP contribution in [-0.2, 0) is 6.42 Å². The van der Waals surface area contributed by atoms with Crippen LogP contribution in [-0.4, -0.2) is 40.6 Å². The van der Waals surface area contributed by atoms with Crippen LogP contribution in [0.1, 0.15) is 31.6 Å². The number of nitrogens with zero attached hydrogens (tertiary/aromatic N) is 3. The monoisotopic (exact) mass is 279 g/mol. The fourth-order valence-corrected chi connectivity index (χ4v) is 2.01. The molecule has 1 atom stereocenters. The Bertz CT molecular complexity index is 400. The second kappa shape index (κ2) is 5.77. The van der Waals surface area contributed by atoms with Crippen LogP contribution in [0.25, 0.3) is 0 Å². The first-order valence-corrected chi connectivity index (χ1v) is 6.29. The molecule has 1 aliphatic rings. The van der Waals surface area contributed by atoms with Gasteiger partial charge in [0.2, 0.25) is 5.89 Å². The number of hydrogen-bond donors (Lipinski definition) is 1. The van der Waals surface area contributed by atoms with Gasteiger partial charge in [-0.15, -0.1) is 0 Å². The Balaban J connectivity index is 1.98. The quantitative estimate of drug-likeness (QED) is 0.915. The second-order valence-corrected chi connectivity index (χ2v) is 4.65. The number of alkyl halides is 3. The maximum absolute atomic E-state index is 12.2. The van der Waals surface area contributed by atoms with Gasteiger partial charge in [-0.25, -0.2) is 0 Å². The van der Waals surface area contributed by atoms with Crippen molar-refractivity contribution < 1.29 is 22.8 Å². The molecular formula is C11H16F3N3O2. The molecule has 0 spiro atoms. The summed E-state index contributed by atoms with van der Waals surface area (Å²) in [7, 11) is 0. The molecule has 108 valence electrons. The molecule has 0 aromatic carbocycles. The molecule has 8 heteroatoms. The van der Waals surface area contributed by atoms with Crippen molar-refractivity contribution >= 4 is 5.95 Å². The van der Waals surface area contributed by atoms with E-state index in [-0.39, 0.29) is 5.89 Å². The summed E-state index contributed by atoms with van der Waals surface area (Å²) >= 11 is 0. The van der Waals surface area contributed by atoms with Crippen LogP contribution >= 0.6 is 0 Å². The average Bonchev–Trinajstić information content (AvgIpc) is 2.62. The summed E-state index contributed by atoms with van der Waals surface area (Å²) in [6.07, 6.45) is -3.56. The zero-order valence-corrected chi connectivity index (χ0v) is 10.4. The highest BCUT2D eigenvalue weighted by atomic mass is 19.4. The van der Waals surface area contributed by atoms with Gasteiger partial charge >= 0.3 is 6.18 Å². The molecule has 0 aliphatic carbocycles. The van der Waals surface area contributed by atoms with Crippen LogP contribution in [0.5, 0.6) is 0 Å². The van der Waals surface area contributed by atoms with Gasteiger partial charge in [-0.3, -0.25) is 0 Å². The van der Waals surface area contributed by atoms with E-state index in [0.29, 0.717) is 5.95 Å². The molecule has 0 amide bonds. The van der Waals surface area contributed by atoms with Crippen LogP contribution < -0.4 is 4.90 Å². The topological polar surface area (TPSA) is 62.4 Å². The Morgan fingerprint density at radius 2 is 1.84 bits per heavy atom. The van der Waals surface area contributed by atoms with Gasteiger partial charge in [-0.1, -0.05) is 12.8 Å². The van der Waals surface area contributed by atoms with E-state index in [1.807, 2.05) is 4.90 Å². The van der Waals surface area contributed by atoms with Crippen LogP contribution in [0.15, 0.2) is 4.52 Å². The standard InChI is InChI=1S/C11H16F3N3O2/c12-11(13,14)8(18)7-9-15-10(16-19-9)17-5-3-1-2-4-6-17/h8,18H,1-7H2. The maximum Gasteiger partial charge on any atom is 0.414 e. The van der Waals surface area contributed by atoms with Crippen LogP contribution in [0.4, 0.5) is 19.1 Å². The number of aliphatic hydroxyl groups is 1. The Kier molecular flexibility index (Phi) is 4.28. The van der Waals surface area contributed by atoms with Gasteiger partial charge in [0.05, 0.1) is 6.42 Å². The minimum atomic E-state index is -4.67. The van der Waals surface area contributed by atoms with Crippen LogP contribution in [0.3, 0.4) is 0 Å². The SMILES string of the molecule is OC(Cc1nc(N2CCCCCC2)no1)C(F)(F)F. The first-order chi connectivity index (χ1) is 8.97. The Morgan fingerprint density at radius 1 is 1.21 bits per heavy atom. The number of aliphatic hydroxyl groups excluding tert-OH is 1. The molecule has 0 bridgehead atoms. The van der Waals surface area contributed by atoms with Crippen molar-refractivity contribution in [3.63, 3.8) is 0 Å². The zero-order valence-electron chi connectivity index (χ0n) is 10.4. The highest BCUT2D eigenvalue weighted by Gasteiger charge is 2.39. The van der Waals surface area contributed by atoms with Crippen molar-refractivity contribution in [1.29, 1.82) is 0 Å². The fourth-order valence-electron chi connectivity index (χ4n) is 2.01. The predicted octanol–water partition coefficient (Wildman–Crippen LogP) is 1.92. The molecule has 2 rings (SSSR count). The fraction of sp³-hybridized carbons (Fsp3) is 0.818. The van der Waals surface area contributed by atoms with E-state index < -0.39 is 18.7 Å². The predicted molar refractivity (Wildman–Crippen MR) is 60.7 cm³/mol. The molecular weight excluding hydrogens is 263 g/mol. The van der Waals surface area contributed by atoms with E-state index in [2.05, 4.69) is 10.1 Å². The summed E-state index contributed by atoms with van der Waals surface area (Å²) in [5, 5.41) is 12.6. The molecule has 2 heterocycles. The summed E-state index contributed by atoms with van der Waals surface area (Å²) in [5.74, 6) is 0.121. The van der Waals surface area contributed by atoms with Crippen molar-refractivity contribution in [1.82, 2.24) is 10.1 Å². The van der Waals surface area contributed by atoms with Gasteiger partial charge in [-0.2, -0.15) is 18.2 Å². The molecule has 0 saturated carbocycles. The van der Waals surface area contributed by atoms with E-state index in [4.69, 9.17) is 9.63 Å². The summed E-state index contributed by atoms with van der Waals surface area (Å²) in [6, 6.07) is 0. The lowest BCUT2D eigenvalue weighted by Crippen LogP contribution is -2.30. The second-order valence-electron chi connectivity index (χ2n) is 4.65. The molecule has 19 heavy (non-hydrogen) atoms. The minimum absolute atomic E-state index is 0.191. The van der Waals surface area contributed by atoms with Gasteiger partial charge in [0.1, 0.15) is 0 Å². The number of anilines is 1. The summed E-state index contributed by atoms with van der Waals surface area (Å²) in [4.78, 5) is 5.82. The lowest BCUT2D eigenvalue weighted by molar-refractivity contribution is -0.204. The van der Waals surface area contributed by atoms with E-state index in [1.165, 1.54) is 0 Å². The number of rotatable bonds is 3. The highest BCUT2D eigenvalue weighted by Crippen LogP contribution is 2.23. The molecule has 1 fully saturated rings. The van der Waals surface area contributed by atoms with Crippen molar-refractivity contribution in [2.24, 2.45) is 0 Å². The summed E-state index contributed by atoms with van der Waals surface area (Å²) < 4.78 is 41.4. The third-order valence-corrected chi connectivity index (χ3v) is 3.09. The third-order valence-electron chi connectivity index (χ3n) is 3.09. The molecule has 1 aromatic rings. The van der Waals surface area contributed by atoms with Crippen molar-refractivity contribution in [2.45, 2.75) is 44.4 Å². The third kappa shape index (κ3) is 3.82. The molecule has 1 N–H and O–H groups in total. The molecule has 0 radical (unpaired) electrons. The molecule has 1 unspecified atom stereocenters. The van der Waals surface area contributed by atoms with E-state index >= 15 is 0 Å². The zero-order chi connectivity index (χ0) is 13.9. The van der Waals surface area contributed by atoms with Gasteiger partial charge in [0.25, 0.3) is 5.95 Å². The van der Waals surface area contributed by atoms with Crippen molar-refractivity contribution in [2.75, 3.05) is 18.0 Å². The van der Waals surface area contributed by atoms with Crippen LogP contribution in [0, 0.1) is 0 Å². The number of aromatic nitrogens is 2. The van der Waals surface area contributed by atoms with Gasteiger partial charge in [0, 0.05) is 13.1 Å². The lowest BCUT2D eigenvalue weighted by atomic mass is 10.2. The number of halogens is 3. The normalized spacial score (nSPS) is 19.3. The highest BCUT2D eigenvalue weighted by molar-refractivity contribution is 5.27. The van der Waals surface area contributed by atoms with Gasteiger partial charge in [0.15, 0.2) is 6.10 Å². The van der Waals surface area contributed by atoms with Crippen molar-refractivity contribution in [3.8, 4) is 0 Å². The Morgan fingerprint density at radius 3 is 2.42 bits per heavy atom. The minimum Gasteiger partial charge on any atom is -0.383 e. The summed E-state index contributed by atoms with van der Waals surface area (Å²) in [6.45, 7) is 1.56. The van der Waals surface area contributed by atoms with E-state index in [9.17, 15) is 13.2 Å². The number of hydrogen-bond acceptors (Lipinski definition) is 5. The first kappa shape index (κ1) is 14.1. The average molecular weight is 279 g/mol. The lowest BCUT2D eigenvalue weighted by Gasteiger charge is -2.16.